The molecule has 0 aliphatic heterocycles. The van der Waals surface area contributed by atoms with Crippen molar-refractivity contribution in [2.45, 2.75) is 110 Å². The van der Waals surface area contributed by atoms with Crippen LogP contribution >= 0.6 is 0 Å². The molecule has 1 nitrogen and oxygen atoms in total. The van der Waals surface area contributed by atoms with Gasteiger partial charge in [-0.3, -0.25) is 0 Å². The normalized spacial score (nSPS) is 53.2. The van der Waals surface area contributed by atoms with Crippen molar-refractivity contribution in [2.24, 2.45) is 58.0 Å². The van der Waals surface area contributed by atoms with Gasteiger partial charge in [-0.1, -0.05) is 32.9 Å². The van der Waals surface area contributed by atoms with E-state index in [4.69, 9.17) is 5.73 Å². The van der Waals surface area contributed by atoms with Crippen molar-refractivity contribution in [3.63, 3.8) is 0 Å². The molecule has 0 spiro atoms. The van der Waals surface area contributed by atoms with E-state index >= 15 is 0 Å². The van der Waals surface area contributed by atoms with E-state index in [1.165, 1.54) is 83.5 Å². The summed E-state index contributed by atoms with van der Waals surface area (Å²) in [5.41, 5.74) is 9.19. The SMILES string of the molecule is C=C1CCCC1C[C@@H](C)C1CCC2C3CC[C@H]4CC(N)CCC4(C)C3CCC21C. The molecule has 5 rings (SSSR count). The van der Waals surface area contributed by atoms with E-state index in [1.54, 1.807) is 5.57 Å². The molecule has 5 aliphatic carbocycles. The van der Waals surface area contributed by atoms with Gasteiger partial charge in [0.1, 0.15) is 0 Å². The summed E-state index contributed by atoms with van der Waals surface area (Å²) in [5, 5.41) is 0. The molecule has 0 saturated heterocycles. The van der Waals surface area contributed by atoms with E-state index in [1.807, 2.05) is 0 Å². The van der Waals surface area contributed by atoms with Gasteiger partial charge in [0.25, 0.3) is 0 Å². The number of hydrogen-bond acceptors (Lipinski definition) is 1. The summed E-state index contributed by atoms with van der Waals surface area (Å²) in [4.78, 5) is 0. The molecule has 0 aromatic rings. The fourth-order valence-electron chi connectivity index (χ4n) is 10.1. The second-order valence-corrected chi connectivity index (χ2v) is 12.9. The Kier molecular flexibility index (Phi) is 5.25. The maximum atomic E-state index is 6.40. The monoisotopic (exact) mass is 397 g/mol. The van der Waals surface area contributed by atoms with Gasteiger partial charge < -0.3 is 5.73 Å². The van der Waals surface area contributed by atoms with Gasteiger partial charge in [0, 0.05) is 6.04 Å². The van der Waals surface area contributed by atoms with Gasteiger partial charge in [0.05, 0.1) is 0 Å². The van der Waals surface area contributed by atoms with Crippen LogP contribution in [0.4, 0.5) is 0 Å². The zero-order valence-electron chi connectivity index (χ0n) is 19.6. The quantitative estimate of drug-likeness (QED) is 0.495. The number of fused-ring (bicyclic) bond motifs is 5. The molecule has 0 aromatic heterocycles. The van der Waals surface area contributed by atoms with Crippen LogP contribution in [-0.4, -0.2) is 6.04 Å². The topological polar surface area (TPSA) is 26.0 Å². The highest BCUT2D eigenvalue weighted by Gasteiger charge is 2.60. The Balaban J connectivity index is 1.32. The highest BCUT2D eigenvalue weighted by Crippen LogP contribution is 2.68. The zero-order valence-corrected chi connectivity index (χ0v) is 19.6. The Labute approximate surface area is 180 Å². The molecule has 8 unspecified atom stereocenters. The highest BCUT2D eigenvalue weighted by molar-refractivity contribution is 5.11. The van der Waals surface area contributed by atoms with E-state index in [0.29, 0.717) is 16.9 Å². The van der Waals surface area contributed by atoms with Gasteiger partial charge in [-0.2, -0.15) is 0 Å². The fraction of sp³-hybridized carbons (Fsp3) is 0.929. The summed E-state index contributed by atoms with van der Waals surface area (Å²) in [7, 11) is 0. The fourth-order valence-corrected chi connectivity index (χ4v) is 10.1. The number of hydrogen-bond donors (Lipinski definition) is 1. The third-order valence-electron chi connectivity index (χ3n) is 11.8. The molecule has 5 fully saturated rings. The van der Waals surface area contributed by atoms with Crippen LogP contribution in [0.2, 0.25) is 0 Å². The molecule has 164 valence electrons. The molecule has 5 aliphatic rings. The third-order valence-corrected chi connectivity index (χ3v) is 11.8. The summed E-state index contributed by atoms with van der Waals surface area (Å²) >= 11 is 0. The van der Waals surface area contributed by atoms with E-state index in [2.05, 4.69) is 27.4 Å². The minimum Gasteiger partial charge on any atom is -0.328 e. The van der Waals surface area contributed by atoms with Crippen LogP contribution in [0.1, 0.15) is 104 Å². The predicted molar refractivity (Wildman–Crippen MR) is 123 cm³/mol. The van der Waals surface area contributed by atoms with Crippen LogP contribution in [0.3, 0.4) is 0 Å². The Bertz CT molecular complexity index is 638. The second kappa shape index (κ2) is 7.39. The Morgan fingerprint density at radius 3 is 2.48 bits per heavy atom. The van der Waals surface area contributed by atoms with Gasteiger partial charge in [-0.15, -0.1) is 0 Å². The number of rotatable bonds is 3. The first-order valence-corrected chi connectivity index (χ1v) is 13.3. The largest absolute Gasteiger partial charge is 0.328 e. The predicted octanol–water partition coefficient (Wildman–Crippen LogP) is 7.36. The summed E-state index contributed by atoms with van der Waals surface area (Å²) in [6.45, 7) is 12.4. The first kappa shape index (κ1) is 20.6. The molecule has 0 radical (unpaired) electrons. The van der Waals surface area contributed by atoms with Crippen LogP contribution in [0.15, 0.2) is 12.2 Å². The average Bonchev–Trinajstić information content (AvgIpc) is 3.25. The van der Waals surface area contributed by atoms with E-state index in [-0.39, 0.29) is 0 Å². The maximum Gasteiger partial charge on any atom is 0.00418 e. The molecule has 5 saturated carbocycles. The van der Waals surface area contributed by atoms with Crippen molar-refractivity contribution >= 4 is 0 Å². The average molecular weight is 398 g/mol. The van der Waals surface area contributed by atoms with Gasteiger partial charge in [-0.05, 0) is 136 Å². The lowest BCUT2D eigenvalue weighted by Gasteiger charge is -2.61. The lowest BCUT2D eigenvalue weighted by molar-refractivity contribution is -0.116. The van der Waals surface area contributed by atoms with Crippen molar-refractivity contribution in [3.8, 4) is 0 Å². The minimum absolute atomic E-state index is 0.487. The second-order valence-electron chi connectivity index (χ2n) is 12.9. The van der Waals surface area contributed by atoms with Gasteiger partial charge in [-0.25, -0.2) is 0 Å². The standard InChI is InChI=1S/C28H47N/c1-18-6-5-7-20(18)16-19(2)24-10-11-25-23-9-8-21-17-22(29)12-14-27(21,3)26(23)13-15-28(24,25)4/h19-26H,1,5-17,29H2,2-4H3/t19-,20?,21+,22?,23?,24?,25?,26?,27?,28?/m1/s1. The molecule has 2 N–H and O–H groups in total. The van der Waals surface area contributed by atoms with Crippen molar-refractivity contribution in [1.82, 2.24) is 0 Å². The van der Waals surface area contributed by atoms with Crippen LogP contribution in [0.25, 0.3) is 0 Å². The van der Waals surface area contributed by atoms with Crippen LogP contribution in [0.5, 0.6) is 0 Å². The molecule has 10 atom stereocenters. The number of nitrogens with two attached hydrogens (primary N) is 1. The molecule has 0 heterocycles. The Morgan fingerprint density at radius 2 is 1.72 bits per heavy atom. The summed E-state index contributed by atoms with van der Waals surface area (Å²) in [6, 6.07) is 0.487. The van der Waals surface area contributed by atoms with E-state index in [9.17, 15) is 0 Å². The zero-order chi connectivity index (χ0) is 20.4. The number of allylic oxidation sites excluding steroid dienone is 1. The smallest absolute Gasteiger partial charge is 0.00418 e. The molecule has 0 amide bonds. The first-order valence-electron chi connectivity index (χ1n) is 13.3. The molecule has 29 heavy (non-hydrogen) atoms. The maximum absolute atomic E-state index is 6.40. The van der Waals surface area contributed by atoms with E-state index < -0.39 is 0 Å². The summed E-state index contributed by atoms with van der Waals surface area (Å²) in [6.07, 6.45) is 18.6. The third kappa shape index (κ3) is 3.19. The van der Waals surface area contributed by atoms with E-state index in [0.717, 1.165) is 41.4 Å². The van der Waals surface area contributed by atoms with Gasteiger partial charge in [0.15, 0.2) is 0 Å². The molecule has 0 aromatic carbocycles. The summed E-state index contributed by atoms with van der Waals surface area (Å²) in [5.74, 6) is 6.63. The van der Waals surface area contributed by atoms with Crippen molar-refractivity contribution in [3.05, 3.63) is 12.2 Å². The van der Waals surface area contributed by atoms with Crippen LogP contribution < -0.4 is 5.73 Å². The van der Waals surface area contributed by atoms with Crippen molar-refractivity contribution in [1.29, 1.82) is 0 Å². The molecule has 0 bridgehead atoms. The van der Waals surface area contributed by atoms with Gasteiger partial charge >= 0.3 is 0 Å². The van der Waals surface area contributed by atoms with Crippen molar-refractivity contribution in [2.75, 3.05) is 0 Å². The summed E-state index contributed by atoms with van der Waals surface area (Å²) < 4.78 is 0. The van der Waals surface area contributed by atoms with Gasteiger partial charge in [0.2, 0.25) is 0 Å². The molecular formula is C28H47N. The minimum atomic E-state index is 0.487. The molecular weight excluding hydrogens is 350 g/mol. The first-order chi connectivity index (χ1) is 13.8. The Morgan fingerprint density at radius 1 is 0.966 bits per heavy atom. The highest BCUT2D eigenvalue weighted by atomic mass is 14.7. The van der Waals surface area contributed by atoms with Crippen LogP contribution in [0, 0.1) is 52.3 Å². The molecule has 1 heteroatoms. The van der Waals surface area contributed by atoms with Crippen molar-refractivity contribution < 1.29 is 0 Å². The lowest BCUT2D eigenvalue weighted by atomic mass is 9.44. The van der Waals surface area contributed by atoms with Crippen LogP contribution in [-0.2, 0) is 0 Å². The Hall–Kier alpha value is -0.300. The lowest BCUT2D eigenvalue weighted by Crippen LogP contribution is -2.54.